The number of aryl methyl sites for hydroxylation is 1. The van der Waals surface area contributed by atoms with Crippen molar-refractivity contribution >= 4 is 33.9 Å². The number of fused-ring (bicyclic) bond motifs is 1. The summed E-state index contributed by atoms with van der Waals surface area (Å²) in [6.45, 7) is 1.85. The van der Waals surface area contributed by atoms with Crippen molar-refractivity contribution in [3.63, 3.8) is 0 Å². The standard InChI is InChI=1S/C24H18N4O3S/c1-14-19(4-3-11-25-14)26-23(29)16-7-10-21-18(12-16)22(28-31-21)20-13-32-24(27-20)15-5-8-17(30-2)9-6-15/h3-13H,1-2H3,(H,26,29). The van der Waals surface area contributed by atoms with Crippen LogP contribution in [0.15, 0.2) is 70.7 Å². The first-order valence-electron chi connectivity index (χ1n) is 9.85. The zero-order valence-corrected chi connectivity index (χ0v) is 18.1. The fourth-order valence-corrected chi connectivity index (χ4v) is 4.13. The van der Waals surface area contributed by atoms with Gasteiger partial charge in [0.2, 0.25) is 0 Å². The Balaban J connectivity index is 1.46. The van der Waals surface area contributed by atoms with Gasteiger partial charge in [-0.05, 0) is 61.5 Å². The smallest absolute Gasteiger partial charge is 0.255 e. The van der Waals surface area contributed by atoms with E-state index in [4.69, 9.17) is 14.2 Å². The number of pyridine rings is 1. The first-order chi connectivity index (χ1) is 15.6. The van der Waals surface area contributed by atoms with Crippen molar-refractivity contribution in [2.45, 2.75) is 6.92 Å². The van der Waals surface area contributed by atoms with E-state index in [-0.39, 0.29) is 5.91 Å². The summed E-state index contributed by atoms with van der Waals surface area (Å²) in [6.07, 6.45) is 1.69. The fourth-order valence-electron chi connectivity index (χ4n) is 3.32. The Morgan fingerprint density at radius 2 is 1.97 bits per heavy atom. The average Bonchev–Trinajstić information content (AvgIpc) is 3.47. The average molecular weight is 443 g/mol. The van der Waals surface area contributed by atoms with E-state index in [0.29, 0.717) is 28.2 Å². The maximum absolute atomic E-state index is 12.8. The molecule has 0 aliphatic heterocycles. The molecular weight excluding hydrogens is 424 g/mol. The monoisotopic (exact) mass is 442 g/mol. The highest BCUT2D eigenvalue weighted by Gasteiger charge is 2.17. The molecule has 0 spiro atoms. The molecule has 0 saturated heterocycles. The molecule has 0 fully saturated rings. The van der Waals surface area contributed by atoms with Crippen molar-refractivity contribution in [1.29, 1.82) is 0 Å². The topological polar surface area (TPSA) is 90.1 Å². The molecule has 0 radical (unpaired) electrons. The number of amides is 1. The van der Waals surface area contributed by atoms with Crippen LogP contribution in [0, 0.1) is 6.92 Å². The van der Waals surface area contributed by atoms with E-state index in [1.165, 1.54) is 11.3 Å². The Labute approximate surface area is 187 Å². The molecule has 3 heterocycles. The number of ether oxygens (including phenoxy) is 1. The molecule has 0 aliphatic rings. The number of hydrogen-bond acceptors (Lipinski definition) is 7. The molecule has 8 heteroatoms. The van der Waals surface area contributed by atoms with Crippen LogP contribution >= 0.6 is 11.3 Å². The van der Waals surface area contributed by atoms with Gasteiger partial charge < -0.3 is 14.6 Å². The van der Waals surface area contributed by atoms with Crippen LogP contribution in [0.2, 0.25) is 0 Å². The van der Waals surface area contributed by atoms with Crippen molar-refractivity contribution in [1.82, 2.24) is 15.1 Å². The van der Waals surface area contributed by atoms with Crippen LogP contribution in [0.4, 0.5) is 5.69 Å². The number of aromatic nitrogens is 3. The lowest BCUT2D eigenvalue weighted by molar-refractivity contribution is 0.102. The molecule has 2 aromatic carbocycles. The molecule has 158 valence electrons. The normalized spacial score (nSPS) is 10.9. The van der Waals surface area contributed by atoms with E-state index in [1.54, 1.807) is 37.6 Å². The number of carbonyl (C=O) groups is 1. The SMILES string of the molecule is COc1ccc(-c2nc(-c3noc4ccc(C(=O)Nc5cccnc5C)cc34)cs2)cc1. The van der Waals surface area contributed by atoms with E-state index in [0.717, 1.165) is 27.4 Å². The summed E-state index contributed by atoms with van der Waals surface area (Å²) in [4.78, 5) is 21.7. The quantitative estimate of drug-likeness (QED) is 0.382. The largest absolute Gasteiger partial charge is 0.497 e. The highest BCUT2D eigenvalue weighted by atomic mass is 32.1. The van der Waals surface area contributed by atoms with Gasteiger partial charge in [-0.15, -0.1) is 11.3 Å². The third-order valence-electron chi connectivity index (χ3n) is 5.07. The van der Waals surface area contributed by atoms with Crippen LogP contribution in [0.25, 0.3) is 32.9 Å². The summed E-state index contributed by atoms with van der Waals surface area (Å²) in [6, 6.07) is 16.6. The fraction of sp³-hybridized carbons (Fsp3) is 0.0833. The minimum absolute atomic E-state index is 0.229. The maximum Gasteiger partial charge on any atom is 0.255 e. The van der Waals surface area contributed by atoms with E-state index in [1.807, 2.05) is 42.6 Å². The predicted octanol–water partition coefficient (Wildman–Crippen LogP) is 5.58. The second kappa shape index (κ2) is 8.24. The van der Waals surface area contributed by atoms with Crippen molar-refractivity contribution in [2.75, 3.05) is 12.4 Å². The van der Waals surface area contributed by atoms with E-state index in [2.05, 4.69) is 15.5 Å². The van der Waals surface area contributed by atoms with E-state index in [9.17, 15) is 4.79 Å². The Morgan fingerprint density at radius 1 is 1.12 bits per heavy atom. The van der Waals surface area contributed by atoms with Gasteiger partial charge in [0.05, 0.1) is 23.9 Å². The summed E-state index contributed by atoms with van der Waals surface area (Å²) in [7, 11) is 1.64. The van der Waals surface area contributed by atoms with Crippen LogP contribution in [0.1, 0.15) is 16.1 Å². The molecular formula is C24H18N4O3S. The van der Waals surface area contributed by atoms with Crippen molar-refractivity contribution in [3.8, 4) is 27.7 Å². The molecule has 1 N–H and O–H groups in total. The van der Waals surface area contributed by atoms with Crippen LogP contribution in [-0.4, -0.2) is 28.1 Å². The Kier molecular flexibility index (Phi) is 5.12. The molecule has 0 bridgehead atoms. The van der Waals surface area contributed by atoms with Gasteiger partial charge in [0.1, 0.15) is 22.1 Å². The lowest BCUT2D eigenvalue weighted by Gasteiger charge is -2.07. The minimum atomic E-state index is -0.229. The highest BCUT2D eigenvalue weighted by molar-refractivity contribution is 7.13. The van der Waals surface area contributed by atoms with Gasteiger partial charge in [0.15, 0.2) is 5.58 Å². The van der Waals surface area contributed by atoms with Gasteiger partial charge in [-0.25, -0.2) is 4.98 Å². The van der Waals surface area contributed by atoms with Crippen LogP contribution in [0.3, 0.4) is 0 Å². The van der Waals surface area contributed by atoms with E-state index < -0.39 is 0 Å². The number of thiazole rings is 1. The van der Waals surface area contributed by atoms with Crippen LogP contribution in [-0.2, 0) is 0 Å². The summed E-state index contributed by atoms with van der Waals surface area (Å²) < 4.78 is 10.7. The minimum Gasteiger partial charge on any atom is -0.497 e. The van der Waals surface area contributed by atoms with Gasteiger partial charge >= 0.3 is 0 Å². The lowest BCUT2D eigenvalue weighted by Crippen LogP contribution is -2.13. The maximum atomic E-state index is 12.8. The van der Waals surface area contributed by atoms with Gasteiger partial charge in [-0.2, -0.15) is 0 Å². The predicted molar refractivity (Wildman–Crippen MR) is 124 cm³/mol. The first kappa shape index (κ1) is 19.9. The van der Waals surface area contributed by atoms with Crippen LogP contribution in [0.5, 0.6) is 5.75 Å². The van der Waals surface area contributed by atoms with Crippen molar-refractivity contribution in [2.24, 2.45) is 0 Å². The third kappa shape index (κ3) is 3.72. The summed E-state index contributed by atoms with van der Waals surface area (Å²) >= 11 is 1.52. The molecule has 1 amide bonds. The second-order valence-corrected chi connectivity index (χ2v) is 7.96. The number of methoxy groups -OCH3 is 1. The molecule has 5 rings (SSSR count). The second-order valence-electron chi connectivity index (χ2n) is 7.10. The van der Waals surface area contributed by atoms with Crippen molar-refractivity contribution < 1.29 is 14.1 Å². The summed E-state index contributed by atoms with van der Waals surface area (Å²) in [5.74, 6) is 0.563. The molecule has 3 aromatic heterocycles. The number of hydrogen-bond donors (Lipinski definition) is 1. The Bertz CT molecular complexity index is 1420. The molecule has 0 atom stereocenters. The molecule has 0 saturated carbocycles. The first-order valence-corrected chi connectivity index (χ1v) is 10.7. The van der Waals surface area contributed by atoms with Gasteiger partial charge in [0.25, 0.3) is 5.91 Å². The van der Waals surface area contributed by atoms with Crippen LogP contribution < -0.4 is 10.1 Å². The van der Waals surface area contributed by atoms with Gasteiger partial charge in [-0.3, -0.25) is 9.78 Å². The number of nitrogens with one attached hydrogen (secondary N) is 1. The van der Waals surface area contributed by atoms with E-state index >= 15 is 0 Å². The number of nitrogens with zero attached hydrogens (tertiary/aromatic N) is 3. The molecule has 32 heavy (non-hydrogen) atoms. The Morgan fingerprint density at radius 3 is 2.75 bits per heavy atom. The number of carbonyl (C=O) groups excluding carboxylic acids is 1. The van der Waals surface area contributed by atoms with Crippen molar-refractivity contribution in [3.05, 3.63) is 77.4 Å². The number of benzene rings is 2. The zero-order chi connectivity index (χ0) is 22.1. The van der Waals surface area contributed by atoms with Gasteiger partial charge in [-0.1, -0.05) is 5.16 Å². The highest BCUT2D eigenvalue weighted by Crippen LogP contribution is 2.33. The Hall–Kier alpha value is -4.04. The molecule has 5 aromatic rings. The number of anilines is 1. The lowest BCUT2D eigenvalue weighted by atomic mass is 10.1. The molecule has 0 aliphatic carbocycles. The molecule has 7 nitrogen and oxygen atoms in total. The molecule has 0 unspecified atom stereocenters. The summed E-state index contributed by atoms with van der Waals surface area (Å²) in [5, 5.41) is 10.6. The van der Waals surface area contributed by atoms with Gasteiger partial charge in [0, 0.05) is 22.7 Å². The third-order valence-corrected chi connectivity index (χ3v) is 5.96. The number of rotatable bonds is 5. The zero-order valence-electron chi connectivity index (χ0n) is 17.3. The summed E-state index contributed by atoms with van der Waals surface area (Å²) in [5.41, 5.74) is 4.79.